The summed E-state index contributed by atoms with van der Waals surface area (Å²) in [4.78, 5) is 32.2. The van der Waals surface area contributed by atoms with E-state index in [1.807, 2.05) is 6.92 Å². The van der Waals surface area contributed by atoms with Crippen LogP contribution in [0.25, 0.3) is 10.9 Å². The van der Waals surface area contributed by atoms with Crippen molar-refractivity contribution < 1.29 is 4.79 Å². The molecule has 1 heterocycles. The van der Waals surface area contributed by atoms with Crippen molar-refractivity contribution in [2.75, 3.05) is 20.1 Å². The number of H-pyrrole nitrogens is 1. The summed E-state index contributed by atoms with van der Waals surface area (Å²) in [5.74, 6) is 0.463. The molecule has 0 fully saturated rings. The lowest BCUT2D eigenvalue weighted by molar-refractivity contribution is -0.128. The summed E-state index contributed by atoms with van der Waals surface area (Å²) in [7, 11) is 1.74. The predicted molar refractivity (Wildman–Crippen MR) is 82.4 cm³/mol. The maximum atomic E-state index is 11.9. The van der Waals surface area contributed by atoms with Crippen molar-refractivity contribution >= 4 is 28.4 Å². The number of aromatic nitrogens is 2. The molecular weight excluding hydrogens is 292 g/mol. The van der Waals surface area contributed by atoms with Gasteiger partial charge in [-0.05, 0) is 25.1 Å². The molecule has 0 aliphatic carbocycles. The number of likely N-dealkylation sites (N-methyl/N-ethyl adjacent to an activating group) is 1. The molecule has 2 N–H and O–H groups in total. The first-order chi connectivity index (χ1) is 10.0. The second kappa shape index (κ2) is 6.69. The first-order valence-corrected chi connectivity index (χ1v) is 7.02. The van der Waals surface area contributed by atoms with Crippen LogP contribution in [-0.4, -0.2) is 40.9 Å². The molecule has 0 bridgehead atoms. The molecule has 112 valence electrons. The Balaban J connectivity index is 2.09. The van der Waals surface area contributed by atoms with Gasteiger partial charge in [0.2, 0.25) is 5.91 Å². The summed E-state index contributed by atoms with van der Waals surface area (Å²) in [6.45, 7) is 3.07. The summed E-state index contributed by atoms with van der Waals surface area (Å²) < 4.78 is 0. The summed E-state index contributed by atoms with van der Waals surface area (Å²) in [6, 6.07) is 4.93. The number of halogens is 1. The third-order valence-electron chi connectivity index (χ3n) is 3.19. The number of carbonyl (C=O) groups is 1. The van der Waals surface area contributed by atoms with Crippen LogP contribution in [0.5, 0.6) is 0 Å². The fraction of sp³-hybridized carbons (Fsp3) is 0.357. The molecule has 0 aliphatic rings. The molecule has 0 radical (unpaired) electrons. The van der Waals surface area contributed by atoms with Crippen LogP contribution >= 0.6 is 11.6 Å². The Morgan fingerprint density at radius 1 is 1.48 bits per heavy atom. The zero-order chi connectivity index (χ0) is 15.4. The number of carbonyl (C=O) groups excluding carboxylic acids is 1. The molecule has 1 amide bonds. The Morgan fingerprint density at radius 2 is 2.24 bits per heavy atom. The van der Waals surface area contributed by atoms with Crippen molar-refractivity contribution in [3.05, 3.63) is 39.4 Å². The molecule has 0 atom stereocenters. The van der Waals surface area contributed by atoms with Gasteiger partial charge in [-0.3, -0.25) is 9.59 Å². The van der Waals surface area contributed by atoms with Gasteiger partial charge in [-0.25, -0.2) is 4.98 Å². The van der Waals surface area contributed by atoms with E-state index in [2.05, 4.69) is 15.3 Å². The van der Waals surface area contributed by atoms with Crippen LogP contribution in [0.3, 0.4) is 0 Å². The van der Waals surface area contributed by atoms with Crippen molar-refractivity contribution in [1.82, 2.24) is 20.2 Å². The molecule has 0 spiro atoms. The van der Waals surface area contributed by atoms with E-state index in [4.69, 9.17) is 11.6 Å². The van der Waals surface area contributed by atoms with Crippen LogP contribution in [0, 0.1) is 0 Å². The van der Waals surface area contributed by atoms with E-state index in [-0.39, 0.29) is 18.0 Å². The van der Waals surface area contributed by atoms with E-state index < -0.39 is 0 Å². The van der Waals surface area contributed by atoms with Gasteiger partial charge >= 0.3 is 0 Å². The average Bonchev–Trinajstić information content (AvgIpc) is 2.45. The van der Waals surface area contributed by atoms with E-state index in [9.17, 15) is 9.59 Å². The zero-order valence-electron chi connectivity index (χ0n) is 11.9. The first-order valence-electron chi connectivity index (χ1n) is 6.64. The molecule has 6 nitrogen and oxygen atoms in total. The second-order valence-electron chi connectivity index (χ2n) is 4.69. The maximum absolute atomic E-state index is 11.9. The average molecular weight is 309 g/mol. The number of nitrogens with zero attached hydrogens (tertiary/aromatic N) is 2. The largest absolute Gasteiger partial charge is 0.345 e. The number of rotatable bonds is 5. The van der Waals surface area contributed by atoms with Crippen LogP contribution in [0.15, 0.2) is 23.0 Å². The maximum Gasteiger partial charge on any atom is 0.258 e. The Bertz CT molecular complexity index is 714. The van der Waals surface area contributed by atoms with Crippen molar-refractivity contribution in [1.29, 1.82) is 0 Å². The lowest BCUT2D eigenvalue weighted by Crippen LogP contribution is -2.35. The highest BCUT2D eigenvalue weighted by Crippen LogP contribution is 2.14. The molecule has 2 rings (SSSR count). The van der Waals surface area contributed by atoms with Crippen molar-refractivity contribution in [3.8, 4) is 0 Å². The van der Waals surface area contributed by atoms with Gasteiger partial charge in [0, 0.05) is 18.6 Å². The fourth-order valence-corrected chi connectivity index (χ4v) is 2.01. The third-order valence-corrected chi connectivity index (χ3v) is 3.42. The van der Waals surface area contributed by atoms with Crippen LogP contribution < -0.4 is 10.9 Å². The van der Waals surface area contributed by atoms with Gasteiger partial charge in [-0.1, -0.05) is 11.6 Å². The number of amides is 1. The topological polar surface area (TPSA) is 78.1 Å². The summed E-state index contributed by atoms with van der Waals surface area (Å²) in [6.07, 6.45) is 0. The zero-order valence-corrected chi connectivity index (χ0v) is 12.7. The van der Waals surface area contributed by atoms with E-state index in [1.165, 1.54) is 0 Å². The predicted octanol–water partition coefficient (Wildman–Crippen LogP) is 1.14. The van der Waals surface area contributed by atoms with Gasteiger partial charge in [0.25, 0.3) is 5.56 Å². The molecule has 21 heavy (non-hydrogen) atoms. The van der Waals surface area contributed by atoms with Gasteiger partial charge in [0.1, 0.15) is 5.82 Å². The van der Waals surface area contributed by atoms with Crippen LogP contribution in [-0.2, 0) is 11.3 Å². The van der Waals surface area contributed by atoms with Gasteiger partial charge in [0.15, 0.2) is 0 Å². The van der Waals surface area contributed by atoms with Crippen molar-refractivity contribution in [2.45, 2.75) is 13.5 Å². The van der Waals surface area contributed by atoms with E-state index >= 15 is 0 Å². The van der Waals surface area contributed by atoms with E-state index in [0.29, 0.717) is 34.8 Å². The number of aromatic amines is 1. The minimum Gasteiger partial charge on any atom is -0.345 e. The Hall–Kier alpha value is -1.92. The number of nitrogens with one attached hydrogen (secondary N) is 2. The molecule has 0 saturated heterocycles. The Kier molecular flexibility index (Phi) is 4.93. The smallest absolute Gasteiger partial charge is 0.258 e. The minimum atomic E-state index is -0.217. The lowest BCUT2D eigenvalue weighted by Gasteiger charge is -2.14. The van der Waals surface area contributed by atoms with E-state index in [1.54, 1.807) is 30.1 Å². The molecule has 2 aromatic rings. The Labute approximate surface area is 127 Å². The molecule has 0 saturated carbocycles. The molecule has 7 heteroatoms. The highest BCUT2D eigenvalue weighted by molar-refractivity contribution is 6.31. The molecule has 0 aliphatic heterocycles. The third kappa shape index (κ3) is 3.80. The summed E-state index contributed by atoms with van der Waals surface area (Å²) in [5, 5.41) is 3.98. The monoisotopic (exact) mass is 308 g/mol. The van der Waals surface area contributed by atoms with Gasteiger partial charge in [0.05, 0.1) is 24.0 Å². The van der Waals surface area contributed by atoms with Gasteiger partial charge < -0.3 is 15.2 Å². The quantitative estimate of drug-likeness (QED) is 0.868. The van der Waals surface area contributed by atoms with Crippen molar-refractivity contribution in [2.24, 2.45) is 0 Å². The lowest BCUT2D eigenvalue weighted by atomic mass is 10.2. The number of hydrogen-bond acceptors (Lipinski definition) is 4. The standard InChI is InChI=1S/C14H17ClN4O2/c1-3-19(2)13(20)8-16-7-12-17-11-6-9(15)4-5-10(11)14(21)18-12/h4-6,16H,3,7-8H2,1-2H3,(H,17,18,21). The van der Waals surface area contributed by atoms with E-state index in [0.717, 1.165) is 0 Å². The van der Waals surface area contributed by atoms with Crippen LogP contribution in [0.2, 0.25) is 5.02 Å². The highest BCUT2D eigenvalue weighted by Gasteiger charge is 2.07. The highest BCUT2D eigenvalue weighted by atomic mass is 35.5. The second-order valence-corrected chi connectivity index (χ2v) is 5.12. The van der Waals surface area contributed by atoms with Crippen molar-refractivity contribution in [3.63, 3.8) is 0 Å². The normalized spacial score (nSPS) is 10.8. The molecular formula is C14H17ClN4O2. The van der Waals surface area contributed by atoms with Gasteiger partial charge in [-0.15, -0.1) is 0 Å². The minimum absolute atomic E-state index is 0.0105. The first kappa shape index (κ1) is 15.5. The molecule has 1 aromatic heterocycles. The molecule has 1 aromatic carbocycles. The Morgan fingerprint density at radius 3 is 2.95 bits per heavy atom. The summed E-state index contributed by atoms with van der Waals surface area (Å²) in [5.41, 5.74) is 0.325. The van der Waals surface area contributed by atoms with Gasteiger partial charge in [-0.2, -0.15) is 0 Å². The number of hydrogen-bond donors (Lipinski definition) is 2. The SMILES string of the molecule is CCN(C)C(=O)CNCc1nc2cc(Cl)ccc2c(=O)[nH]1. The van der Waals surface area contributed by atoms with Crippen LogP contribution in [0.4, 0.5) is 0 Å². The summed E-state index contributed by atoms with van der Waals surface area (Å²) >= 11 is 5.90. The molecule has 0 unspecified atom stereocenters. The fourth-order valence-electron chi connectivity index (χ4n) is 1.84. The number of fused-ring (bicyclic) bond motifs is 1. The number of benzene rings is 1. The van der Waals surface area contributed by atoms with Crippen LogP contribution in [0.1, 0.15) is 12.7 Å².